The van der Waals surface area contributed by atoms with Crippen molar-refractivity contribution in [3.05, 3.63) is 33.4 Å². The third kappa shape index (κ3) is 3.74. The summed E-state index contributed by atoms with van der Waals surface area (Å²) in [5, 5.41) is 3.91. The summed E-state index contributed by atoms with van der Waals surface area (Å²) in [6.45, 7) is 10.7. The van der Waals surface area contributed by atoms with Gasteiger partial charge in [-0.15, -0.1) is 17.9 Å². The van der Waals surface area contributed by atoms with Gasteiger partial charge in [0.25, 0.3) is 5.56 Å². The highest BCUT2D eigenvalue weighted by Gasteiger charge is 2.25. The molecule has 0 aliphatic heterocycles. The van der Waals surface area contributed by atoms with Crippen LogP contribution in [0.25, 0.3) is 10.2 Å². The van der Waals surface area contributed by atoms with Gasteiger partial charge in [-0.2, -0.15) is 0 Å². The minimum atomic E-state index is -0.329. The Balaban J connectivity index is 2.02. The average molecular weight is 392 g/mol. The zero-order chi connectivity index (χ0) is 18.8. The van der Waals surface area contributed by atoms with Crippen LogP contribution < -0.4 is 10.9 Å². The number of thiophene rings is 1. The van der Waals surface area contributed by atoms with Crippen LogP contribution in [0.3, 0.4) is 0 Å². The van der Waals surface area contributed by atoms with E-state index in [1.807, 2.05) is 6.92 Å². The van der Waals surface area contributed by atoms with Gasteiger partial charge in [0.15, 0.2) is 5.16 Å². The fourth-order valence-corrected chi connectivity index (χ4v) is 5.45. The first-order valence-electron chi connectivity index (χ1n) is 9.02. The van der Waals surface area contributed by atoms with Gasteiger partial charge in [-0.25, -0.2) is 4.98 Å². The van der Waals surface area contributed by atoms with E-state index in [1.165, 1.54) is 22.2 Å². The van der Waals surface area contributed by atoms with Crippen LogP contribution in [0.2, 0.25) is 0 Å². The highest BCUT2D eigenvalue weighted by atomic mass is 32.2. The van der Waals surface area contributed by atoms with Gasteiger partial charge in [0, 0.05) is 18.0 Å². The summed E-state index contributed by atoms with van der Waals surface area (Å²) in [5.74, 6) is 0.247. The van der Waals surface area contributed by atoms with Crippen LogP contribution in [0, 0.1) is 5.92 Å². The molecular formula is C19H25N3O2S2. The molecule has 1 unspecified atom stereocenters. The first-order valence-corrected chi connectivity index (χ1v) is 10.7. The molecule has 0 saturated heterocycles. The van der Waals surface area contributed by atoms with Gasteiger partial charge in [0.2, 0.25) is 5.91 Å². The van der Waals surface area contributed by atoms with Crippen molar-refractivity contribution in [2.45, 2.75) is 57.0 Å². The van der Waals surface area contributed by atoms with Crippen molar-refractivity contribution in [3.8, 4) is 0 Å². The highest BCUT2D eigenvalue weighted by molar-refractivity contribution is 8.00. The van der Waals surface area contributed by atoms with E-state index < -0.39 is 0 Å². The third-order valence-electron chi connectivity index (χ3n) is 4.41. The summed E-state index contributed by atoms with van der Waals surface area (Å²) >= 11 is 2.99. The second-order valence-corrected chi connectivity index (χ2v) is 9.43. The summed E-state index contributed by atoms with van der Waals surface area (Å²) in [7, 11) is 0. The van der Waals surface area contributed by atoms with Crippen LogP contribution >= 0.6 is 23.1 Å². The van der Waals surface area contributed by atoms with Crippen molar-refractivity contribution in [2.75, 3.05) is 6.54 Å². The molecule has 3 rings (SSSR count). The number of carbonyl (C=O) groups is 1. The molecule has 26 heavy (non-hydrogen) atoms. The van der Waals surface area contributed by atoms with Crippen molar-refractivity contribution < 1.29 is 4.79 Å². The summed E-state index contributed by atoms with van der Waals surface area (Å²) < 4.78 is 1.76. The number of thioether (sulfide) groups is 1. The zero-order valence-electron chi connectivity index (χ0n) is 15.5. The van der Waals surface area contributed by atoms with Crippen molar-refractivity contribution in [3.63, 3.8) is 0 Å². The number of hydrogen-bond acceptors (Lipinski definition) is 5. The second-order valence-electron chi connectivity index (χ2n) is 7.04. The van der Waals surface area contributed by atoms with Gasteiger partial charge >= 0.3 is 0 Å². The quantitative estimate of drug-likeness (QED) is 0.446. The predicted octanol–water partition coefficient (Wildman–Crippen LogP) is 3.39. The Labute approximate surface area is 161 Å². The molecule has 0 spiro atoms. The molecule has 0 bridgehead atoms. The molecule has 1 atom stereocenters. The maximum Gasteiger partial charge on any atom is 0.263 e. The van der Waals surface area contributed by atoms with Crippen LogP contribution in [-0.2, 0) is 24.2 Å². The van der Waals surface area contributed by atoms with E-state index in [9.17, 15) is 9.59 Å². The lowest BCUT2D eigenvalue weighted by Crippen LogP contribution is -2.32. The Morgan fingerprint density at radius 2 is 2.19 bits per heavy atom. The van der Waals surface area contributed by atoms with Crippen molar-refractivity contribution >= 4 is 39.2 Å². The number of nitrogens with zero attached hydrogens (tertiary/aromatic N) is 2. The van der Waals surface area contributed by atoms with Crippen LogP contribution in [0.1, 0.15) is 37.6 Å². The molecule has 7 heteroatoms. The summed E-state index contributed by atoms with van der Waals surface area (Å²) in [6.07, 6.45) is 4.79. The molecule has 1 aliphatic rings. The molecule has 1 N–H and O–H groups in total. The molecular weight excluding hydrogens is 366 g/mol. The van der Waals surface area contributed by atoms with Crippen LogP contribution in [-0.4, -0.2) is 27.3 Å². The topological polar surface area (TPSA) is 64.0 Å². The van der Waals surface area contributed by atoms with Crippen molar-refractivity contribution in [1.82, 2.24) is 14.9 Å². The summed E-state index contributed by atoms with van der Waals surface area (Å²) in [6, 6.07) is 0. The Hall–Kier alpha value is -1.60. The average Bonchev–Trinajstić information content (AvgIpc) is 3.16. The van der Waals surface area contributed by atoms with Crippen LogP contribution in [0.5, 0.6) is 0 Å². The smallest absolute Gasteiger partial charge is 0.263 e. The van der Waals surface area contributed by atoms with Crippen LogP contribution in [0.15, 0.2) is 22.6 Å². The lowest BCUT2D eigenvalue weighted by atomic mass is 10.2. The van der Waals surface area contributed by atoms with Crippen molar-refractivity contribution in [1.29, 1.82) is 0 Å². The minimum Gasteiger partial charge on any atom is -0.352 e. The molecule has 0 saturated carbocycles. The molecule has 2 aromatic heterocycles. The van der Waals surface area contributed by atoms with Gasteiger partial charge < -0.3 is 5.32 Å². The van der Waals surface area contributed by atoms with E-state index in [1.54, 1.807) is 22.0 Å². The number of amides is 1. The minimum absolute atomic E-state index is 0.0456. The molecule has 0 fully saturated rings. The Morgan fingerprint density at radius 3 is 2.88 bits per heavy atom. The standard InChI is InChI=1S/C19H25N3O2S2/c1-5-9-20-16(23)12(4)25-19-21-17-15(13-7-6-8-14(13)26-17)18(24)22(19)10-11(2)3/h5,11-12H,1,6-10H2,2-4H3,(H,20,23). The molecule has 2 heterocycles. The van der Waals surface area contributed by atoms with E-state index in [2.05, 4.69) is 25.7 Å². The third-order valence-corrected chi connectivity index (χ3v) is 6.69. The second kappa shape index (κ2) is 7.96. The number of carbonyl (C=O) groups excluding carboxylic acids is 1. The largest absolute Gasteiger partial charge is 0.352 e. The van der Waals surface area contributed by atoms with Gasteiger partial charge in [-0.05, 0) is 37.7 Å². The SMILES string of the molecule is C=CCNC(=O)C(C)Sc1nc2sc3c(c2c(=O)n1CC(C)C)CCC3. The zero-order valence-corrected chi connectivity index (χ0v) is 17.1. The van der Waals surface area contributed by atoms with Gasteiger partial charge in [-0.1, -0.05) is 31.7 Å². The maximum atomic E-state index is 13.2. The monoisotopic (exact) mass is 391 g/mol. The number of aryl methyl sites for hydroxylation is 2. The Kier molecular flexibility index (Phi) is 5.87. The molecule has 0 aromatic carbocycles. The highest BCUT2D eigenvalue weighted by Crippen LogP contribution is 2.36. The van der Waals surface area contributed by atoms with Gasteiger partial charge in [-0.3, -0.25) is 14.2 Å². The van der Waals surface area contributed by atoms with E-state index in [-0.39, 0.29) is 16.7 Å². The normalized spacial score (nSPS) is 14.6. The fraction of sp³-hybridized carbons (Fsp3) is 0.526. The lowest BCUT2D eigenvalue weighted by molar-refractivity contribution is -0.120. The molecule has 1 amide bonds. The Morgan fingerprint density at radius 1 is 1.42 bits per heavy atom. The number of hydrogen-bond donors (Lipinski definition) is 1. The van der Waals surface area contributed by atoms with Crippen LogP contribution in [0.4, 0.5) is 0 Å². The molecule has 140 valence electrons. The molecule has 5 nitrogen and oxygen atoms in total. The summed E-state index contributed by atoms with van der Waals surface area (Å²) in [5.41, 5.74) is 1.25. The Bertz CT molecular complexity index is 898. The lowest BCUT2D eigenvalue weighted by Gasteiger charge is -2.17. The molecule has 0 radical (unpaired) electrons. The summed E-state index contributed by atoms with van der Waals surface area (Å²) in [4.78, 5) is 32.4. The van der Waals surface area contributed by atoms with E-state index >= 15 is 0 Å². The number of nitrogens with one attached hydrogen (secondary N) is 1. The molecule has 1 aliphatic carbocycles. The van der Waals surface area contributed by atoms with Gasteiger partial charge in [0.1, 0.15) is 4.83 Å². The van der Waals surface area contributed by atoms with Gasteiger partial charge in [0.05, 0.1) is 10.6 Å². The number of fused-ring (bicyclic) bond motifs is 3. The van der Waals surface area contributed by atoms with E-state index in [0.717, 1.165) is 29.5 Å². The first-order chi connectivity index (χ1) is 12.4. The van der Waals surface area contributed by atoms with Crippen molar-refractivity contribution in [2.24, 2.45) is 5.92 Å². The fourth-order valence-electron chi connectivity index (χ4n) is 3.20. The maximum absolute atomic E-state index is 13.2. The number of aromatic nitrogens is 2. The van der Waals surface area contributed by atoms with E-state index in [0.29, 0.717) is 24.2 Å². The number of rotatable bonds is 7. The first kappa shape index (κ1) is 19.2. The molecule has 2 aromatic rings. The van der Waals surface area contributed by atoms with E-state index in [4.69, 9.17) is 4.98 Å². The predicted molar refractivity (Wildman–Crippen MR) is 109 cm³/mol.